The molecule has 0 aliphatic rings. The van der Waals surface area contributed by atoms with Gasteiger partial charge in [0.2, 0.25) is 0 Å². The van der Waals surface area contributed by atoms with E-state index in [1.807, 2.05) is 0 Å². The molecule has 0 fully saturated rings. The van der Waals surface area contributed by atoms with Crippen molar-refractivity contribution >= 4 is 11.5 Å². The van der Waals surface area contributed by atoms with Gasteiger partial charge in [0.15, 0.2) is 0 Å². The number of allylic oxidation sites excluding steroid dienone is 1. The van der Waals surface area contributed by atoms with Crippen LogP contribution < -0.4 is 0 Å². The van der Waals surface area contributed by atoms with E-state index in [0.717, 1.165) is 6.08 Å². The summed E-state index contributed by atoms with van der Waals surface area (Å²) in [4.78, 5) is 10.3. The standard InChI is InChI=1S/C10H10O3/c1-7(5-10(12)13)8-3-2-4-9(11)6-8/h2-6,11H,1H3,(H,12,13)/b7-5+. The van der Waals surface area contributed by atoms with Gasteiger partial charge in [0, 0.05) is 6.08 Å². The van der Waals surface area contributed by atoms with Crippen molar-refractivity contribution in [2.45, 2.75) is 6.92 Å². The second kappa shape index (κ2) is 3.76. The number of rotatable bonds is 2. The van der Waals surface area contributed by atoms with Crippen molar-refractivity contribution in [3.05, 3.63) is 35.9 Å². The van der Waals surface area contributed by atoms with Gasteiger partial charge in [-0.15, -0.1) is 0 Å². The minimum atomic E-state index is -0.985. The molecule has 1 rings (SSSR count). The fraction of sp³-hybridized carbons (Fsp3) is 0.100. The number of hydrogen-bond acceptors (Lipinski definition) is 2. The number of carbonyl (C=O) groups is 1. The monoisotopic (exact) mass is 178 g/mol. The van der Waals surface area contributed by atoms with Crippen LogP contribution >= 0.6 is 0 Å². The van der Waals surface area contributed by atoms with E-state index >= 15 is 0 Å². The van der Waals surface area contributed by atoms with Gasteiger partial charge in [-0.25, -0.2) is 4.79 Å². The van der Waals surface area contributed by atoms with Crippen LogP contribution in [-0.2, 0) is 4.79 Å². The van der Waals surface area contributed by atoms with E-state index in [0.29, 0.717) is 11.1 Å². The first-order valence-corrected chi connectivity index (χ1v) is 3.80. The van der Waals surface area contributed by atoms with Gasteiger partial charge < -0.3 is 10.2 Å². The maximum atomic E-state index is 10.3. The van der Waals surface area contributed by atoms with Crippen molar-refractivity contribution in [3.63, 3.8) is 0 Å². The van der Waals surface area contributed by atoms with Crippen LogP contribution in [-0.4, -0.2) is 16.2 Å². The first-order valence-electron chi connectivity index (χ1n) is 3.80. The number of aromatic hydroxyl groups is 1. The number of phenolic OH excluding ortho intramolecular Hbond substituents is 1. The van der Waals surface area contributed by atoms with Crippen molar-refractivity contribution in [1.29, 1.82) is 0 Å². The van der Waals surface area contributed by atoms with Gasteiger partial charge in [-0.3, -0.25) is 0 Å². The fourth-order valence-corrected chi connectivity index (χ4v) is 1.02. The minimum Gasteiger partial charge on any atom is -0.508 e. The van der Waals surface area contributed by atoms with E-state index in [2.05, 4.69) is 0 Å². The normalized spacial score (nSPS) is 11.3. The van der Waals surface area contributed by atoms with Crippen LogP contribution in [0, 0.1) is 0 Å². The lowest BCUT2D eigenvalue weighted by Gasteiger charge is -2.00. The van der Waals surface area contributed by atoms with Crippen LogP contribution in [0.1, 0.15) is 12.5 Å². The Balaban J connectivity index is 3.02. The summed E-state index contributed by atoms with van der Waals surface area (Å²) in [6.45, 7) is 1.68. The van der Waals surface area contributed by atoms with Crippen molar-refractivity contribution in [2.75, 3.05) is 0 Å². The summed E-state index contributed by atoms with van der Waals surface area (Å²) in [6.07, 6.45) is 1.11. The largest absolute Gasteiger partial charge is 0.508 e. The average Bonchev–Trinajstić information content (AvgIpc) is 2.03. The fourth-order valence-electron chi connectivity index (χ4n) is 1.02. The molecule has 2 N–H and O–H groups in total. The van der Waals surface area contributed by atoms with Crippen molar-refractivity contribution in [3.8, 4) is 5.75 Å². The zero-order valence-electron chi connectivity index (χ0n) is 7.19. The zero-order chi connectivity index (χ0) is 9.84. The lowest BCUT2D eigenvalue weighted by Crippen LogP contribution is -1.89. The zero-order valence-corrected chi connectivity index (χ0v) is 7.19. The van der Waals surface area contributed by atoms with E-state index in [9.17, 15) is 4.79 Å². The number of carboxylic acids is 1. The molecule has 0 saturated carbocycles. The molecule has 0 aromatic heterocycles. The Hall–Kier alpha value is -1.77. The molecule has 0 atom stereocenters. The molecule has 0 bridgehead atoms. The Bertz CT molecular complexity index is 353. The average molecular weight is 178 g/mol. The van der Waals surface area contributed by atoms with Crippen LogP contribution in [0.4, 0.5) is 0 Å². The van der Waals surface area contributed by atoms with Gasteiger partial charge in [-0.2, -0.15) is 0 Å². The summed E-state index contributed by atoms with van der Waals surface area (Å²) in [7, 11) is 0. The SMILES string of the molecule is C/C(=C\C(=O)O)c1cccc(O)c1. The van der Waals surface area contributed by atoms with E-state index in [4.69, 9.17) is 10.2 Å². The summed E-state index contributed by atoms with van der Waals surface area (Å²) < 4.78 is 0. The predicted octanol–water partition coefficient (Wildman–Crippen LogP) is 1.88. The maximum absolute atomic E-state index is 10.3. The number of benzene rings is 1. The molecule has 3 nitrogen and oxygen atoms in total. The topological polar surface area (TPSA) is 57.5 Å². The Morgan fingerprint density at radius 1 is 1.46 bits per heavy atom. The summed E-state index contributed by atoms with van der Waals surface area (Å²) >= 11 is 0. The van der Waals surface area contributed by atoms with E-state index < -0.39 is 5.97 Å². The molecule has 0 amide bonds. The lowest BCUT2D eigenvalue weighted by atomic mass is 10.1. The summed E-state index contributed by atoms with van der Waals surface area (Å²) in [5.74, 6) is -0.850. The Kier molecular flexibility index (Phi) is 2.69. The van der Waals surface area contributed by atoms with Gasteiger partial charge in [-0.1, -0.05) is 12.1 Å². The molecule has 3 heteroatoms. The Labute approximate surface area is 76.0 Å². The van der Waals surface area contributed by atoms with Crippen LogP contribution in [0.3, 0.4) is 0 Å². The molecule has 68 valence electrons. The Morgan fingerprint density at radius 3 is 2.69 bits per heavy atom. The molecule has 0 heterocycles. The third-order valence-electron chi connectivity index (χ3n) is 1.64. The van der Waals surface area contributed by atoms with Gasteiger partial charge in [0.25, 0.3) is 0 Å². The number of carboxylic acid groups (broad SMARTS) is 1. The highest BCUT2D eigenvalue weighted by molar-refractivity contribution is 5.89. The predicted molar refractivity (Wildman–Crippen MR) is 49.4 cm³/mol. The number of aliphatic carboxylic acids is 1. The summed E-state index contributed by atoms with van der Waals surface area (Å²) in [5.41, 5.74) is 1.32. The van der Waals surface area contributed by atoms with Crippen LogP contribution in [0.25, 0.3) is 5.57 Å². The smallest absolute Gasteiger partial charge is 0.328 e. The summed E-state index contributed by atoms with van der Waals surface area (Å²) in [5, 5.41) is 17.6. The molecule has 0 aliphatic heterocycles. The van der Waals surface area contributed by atoms with Gasteiger partial charge in [-0.05, 0) is 30.2 Å². The molecule has 13 heavy (non-hydrogen) atoms. The molecule has 0 spiro atoms. The molecular weight excluding hydrogens is 168 g/mol. The second-order valence-corrected chi connectivity index (χ2v) is 2.72. The quantitative estimate of drug-likeness (QED) is 0.680. The lowest BCUT2D eigenvalue weighted by molar-refractivity contribution is -0.131. The van der Waals surface area contributed by atoms with Crippen molar-refractivity contribution in [1.82, 2.24) is 0 Å². The first kappa shape index (κ1) is 9.32. The van der Waals surface area contributed by atoms with Crippen LogP contribution in [0.5, 0.6) is 5.75 Å². The van der Waals surface area contributed by atoms with Crippen molar-refractivity contribution in [2.24, 2.45) is 0 Å². The Morgan fingerprint density at radius 2 is 2.15 bits per heavy atom. The highest BCUT2D eigenvalue weighted by Gasteiger charge is 1.98. The summed E-state index contributed by atoms with van der Waals surface area (Å²) in [6, 6.07) is 6.48. The van der Waals surface area contributed by atoms with Gasteiger partial charge in [0.05, 0.1) is 0 Å². The molecule has 0 unspecified atom stereocenters. The third kappa shape index (κ3) is 2.63. The molecule has 1 aromatic rings. The highest BCUT2D eigenvalue weighted by Crippen LogP contribution is 2.18. The third-order valence-corrected chi connectivity index (χ3v) is 1.64. The molecule has 1 aromatic carbocycles. The van der Waals surface area contributed by atoms with Crippen LogP contribution in [0.2, 0.25) is 0 Å². The molecule has 0 aliphatic carbocycles. The number of phenols is 1. The number of hydrogen-bond donors (Lipinski definition) is 2. The first-order chi connectivity index (χ1) is 6.09. The van der Waals surface area contributed by atoms with Gasteiger partial charge >= 0.3 is 5.97 Å². The van der Waals surface area contributed by atoms with Crippen LogP contribution in [0.15, 0.2) is 30.3 Å². The van der Waals surface area contributed by atoms with E-state index in [1.54, 1.807) is 19.1 Å². The molecule has 0 radical (unpaired) electrons. The van der Waals surface area contributed by atoms with Crippen molar-refractivity contribution < 1.29 is 15.0 Å². The van der Waals surface area contributed by atoms with E-state index in [-0.39, 0.29) is 5.75 Å². The molecular formula is C10H10O3. The minimum absolute atomic E-state index is 0.135. The highest BCUT2D eigenvalue weighted by atomic mass is 16.4. The van der Waals surface area contributed by atoms with Gasteiger partial charge in [0.1, 0.15) is 5.75 Å². The maximum Gasteiger partial charge on any atom is 0.328 e. The molecule has 0 saturated heterocycles. The van der Waals surface area contributed by atoms with E-state index in [1.165, 1.54) is 12.1 Å². The second-order valence-electron chi connectivity index (χ2n) is 2.72.